The average molecular weight is 441 g/mol. The molecule has 146 valence electrons. The van der Waals surface area contributed by atoms with E-state index in [1.165, 1.54) is 34.1 Å². The van der Waals surface area contributed by atoms with Crippen LogP contribution in [0.1, 0.15) is 6.92 Å². The maximum absolute atomic E-state index is 12.1. The molecule has 0 heterocycles. The molecule has 25 heavy (non-hydrogen) atoms. The van der Waals surface area contributed by atoms with Crippen molar-refractivity contribution >= 4 is 37.8 Å². The lowest BCUT2D eigenvalue weighted by Gasteiger charge is -2.32. The van der Waals surface area contributed by atoms with Crippen molar-refractivity contribution in [1.29, 1.82) is 0 Å². The van der Waals surface area contributed by atoms with Crippen LogP contribution < -0.4 is 0 Å². The summed E-state index contributed by atoms with van der Waals surface area (Å²) in [6.07, 6.45) is 0.858. The van der Waals surface area contributed by atoms with Gasteiger partial charge in [0.25, 0.3) is 8.45 Å². The van der Waals surface area contributed by atoms with Crippen molar-refractivity contribution in [1.82, 2.24) is 9.34 Å². The zero-order valence-corrected chi connectivity index (χ0v) is 17.3. The molecule has 0 atom stereocenters. The predicted molar refractivity (Wildman–Crippen MR) is 105 cm³/mol. The molecule has 4 nitrogen and oxygen atoms in total. The normalized spacial score (nSPS) is 9.92. The highest BCUT2D eigenvalue weighted by molar-refractivity contribution is 8.00. The Hall–Kier alpha value is -0.550. The fourth-order valence-corrected chi connectivity index (χ4v) is 3.02. The summed E-state index contributed by atoms with van der Waals surface area (Å²) in [6.45, 7) is 19.8. The van der Waals surface area contributed by atoms with Crippen LogP contribution in [0.15, 0.2) is 64.3 Å². The monoisotopic (exact) mass is 440 g/mol. The van der Waals surface area contributed by atoms with Gasteiger partial charge < -0.3 is 9.05 Å². The first kappa shape index (κ1) is 29.2. The molecular formula is C14H23Cl2F3N2O2P2. The molecular weight excluding hydrogens is 418 g/mol. The smallest absolute Gasteiger partial charge is 0.332 e. The van der Waals surface area contributed by atoms with E-state index in [1.54, 1.807) is 0 Å². The van der Waals surface area contributed by atoms with Crippen molar-refractivity contribution in [2.24, 2.45) is 0 Å². The van der Waals surface area contributed by atoms with Gasteiger partial charge in [0.15, 0.2) is 6.61 Å². The quantitative estimate of drug-likeness (QED) is 0.259. The Morgan fingerprint density at radius 3 is 1.44 bits per heavy atom. The highest BCUT2D eigenvalue weighted by atomic mass is 35.9. The van der Waals surface area contributed by atoms with Gasteiger partial charge in [-0.05, 0) is 29.4 Å². The number of hydrogen-bond acceptors (Lipinski definition) is 4. The van der Waals surface area contributed by atoms with Crippen LogP contribution in [-0.4, -0.2) is 28.7 Å². The fourth-order valence-electron chi connectivity index (χ4n) is 0.910. The molecule has 11 heteroatoms. The third kappa shape index (κ3) is 18.0. The molecule has 0 rings (SSSR count). The number of alkyl halides is 3. The number of rotatable bonds is 10. The van der Waals surface area contributed by atoms with Crippen LogP contribution >= 0.6 is 37.8 Å². The lowest BCUT2D eigenvalue weighted by Crippen LogP contribution is -2.21. The molecule has 0 unspecified atom stereocenters. The van der Waals surface area contributed by atoms with Gasteiger partial charge in [0.1, 0.15) is 0 Å². The molecule has 0 aromatic rings. The van der Waals surface area contributed by atoms with Crippen LogP contribution in [-0.2, 0) is 9.05 Å². The number of nitrogens with zero attached hydrogens (tertiary/aromatic N) is 2. The van der Waals surface area contributed by atoms with E-state index in [4.69, 9.17) is 27.0 Å². The van der Waals surface area contributed by atoms with Gasteiger partial charge in [-0.1, -0.05) is 26.3 Å². The van der Waals surface area contributed by atoms with Gasteiger partial charge in [-0.3, -0.25) is 9.34 Å². The summed E-state index contributed by atoms with van der Waals surface area (Å²) < 4.78 is 48.4. The summed E-state index contributed by atoms with van der Waals surface area (Å²) in [4.78, 5) is 0. The van der Waals surface area contributed by atoms with Crippen LogP contribution in [0.3, 0.4) is 0 Å². The summed E-state index contributed by atoms with van der Waals surface area (Å²) in [6, 6.07) is 0. The van der Waals surface area contributed by atoms with E-state index < -0.39 is 28.1 Å². The maximum atomic E-state index is 12.1. The zero-order chi connectivity index (χ0) is 20.5. The van der Waals surface area contributed by atoms with Gasteiger partial charge in [-0.25, -0.2) is 0 Å². The molecule has 0 aromatic heterocycles. The Labute approximate surface area is 160 Å². The lowest BCUT2D eigenvalue weighted by molar-refractivity contribution is -0.153. The first-order valence-electron chi connectivity index (χ1n) is 6.47. The Morgan fingerprint density at radius 1 is 0.920 bits per heavy atom. The van der Waals surface area contributed by atoms with E-state index in [9.17, 15) is 13.2 Å². The molecule has 0 radical (unpaired) electrons. The van der Waals surface area contributed by atoms with Gasteiger partial charge in [-0.15, -0.1) is 13.2 Å². The van der Waals surface area contributed by atoms with E-state index in [1.807, 2.05) is 6.92 Å². The van der Waals surface area contributed by atoms with Crippen LogP contribution in [0.2, 0.25) is 0 Å². The maximum Gasteiger partial charge on any atom is 0.412 e. The van der Waals surface area contributed by atoms with Crippen LogP contribution in [0.4, 0.5) is 13.2 Å². The van der Waals surface area contributed by atoms with Crippen molar-refractivity contribution < 1.29 is 22.2 Å². The van der Waals surface area contributed by atoms with Crippen molar-refractivity contribution in [3.8, 4) is 0 Å². The minimum absolute atomic E-state index is 0.596. The van der Waals surface area contributed by atoms with Crippen LogP contribution in [0, 0.1) is 0 Å². The summed E-state index contributed by atoms with van der Waals surface area (Å²) in [5.41, 5.74) is 0. The van der Waals surface area contributed by atoms with E-state index in [-0.39, 0.29) is 0 Å². The van der Waals surface area contributed by atoms with Gasteiger partial charge in [0.2, 0.25) is 6.85 Å². The lowest BCUT2D eigenvalue weighted by atomic mass is 10.7. The Kier molecular flexibility index (Phi) is 21.3. The Bertz CT molecular complexity index is 354. The molecule has 0 spiro atoms. The molecule has 0 fully saturated rings. The summed E-state index contributed by atoms with van der Waals surface area (Å²) in [5, 5.41) is 0. The first-order valence-corrected chi connectivity index (χ1v) is 10.7. The highest BCUT2D eigenvalue weighted by Crippen LogP contribution is 2.47. The van der Waals surface area contributed by atoms with E-state index in [0.29, 0.717) is 6.61 Å². The second-order valence-electron chi connectivity index (χ2n) is 3.25. The molecule has 0 aliphatic rings. The summed E-state index contributed by atoms with van der Waals surface area (Å²) in [5.74, 6) is 0. The second-order valence-corrected chi connectivity index (χ2v) is 7.96. The van der Waals surface area contributed by atoms with Gasteiger partial charge >= 0.3 is 6.18 Å². The van der Waals surface area contributed by atoms with E-state index >= 15 is 0 Å². The van der Waals surface area contributed by atoms with E-state index in [2.05, 4.69) is 44.0 Å². The summed E-state index contributed by atoms with van der Waals surface area (Å²) in [7, 11) is -1.78. The standard InChI is InChI=1S/C10H14F3N2OP.C2H5Cl2OP.C2H4/c1-5-14(6-2)17(15(7-3)8-4)16-9-10(11,12)13;1-2-5-6(3)4;1-2/h5-8H,1-4,9H2;2H2,1H3;1-2H2. The third-order valence-corrected chi connectivity index (χ3v) is 4.56. The average Bonchev–Trinajstić information content (AvgIpc) is 2.55. The molecule has 0 aliphatic carbocycles. The van der Waals surface area contributed by atoms with Gasteiger partial charge in [0.05, 0.1) is 6.61 Å². The van der Waals surface area contributed by atoms with Crippen molar-refractivity contribution in [3.63, 3.8) is 0 Å². The second kappa shape index (κ2) is 18.2. The van der Waals surface area contributed by atoms with E-state index in [0.717, 1.165) is 0 Å². The van der Waals surface area contributed by atoms with Crippen LogP contribution in [0.5, 0.6) is 0 Å². The predicted octanol–water partition coefficient (Wildman–Crippen LogP) is 7.50. The number of hydrogen-bond donors (Lipinski definition) is 0. The number of halogens is 5. The Balaban J connectivity index is -0.000000507. The van der Waals surface area contributed by atoms with Crippen molar-refractivity contribution in [3.05, 3.63) is 64.3 Å². The fraction of sp³-hybridized carbons (Fsp3) is 0.286. The molecule has 0 saturated carbocycles. The SMILES string of the molecule is C=C.C=CN(C=C)P(OCC(F)(F)F)N(C=C)C=C.CCOP(Cl)Cl. The van der Waals surface area contributed by atoms with Gasteiger partial charge in [0, 0.05) is 24.8 Å². The molecule has 0 saturated heterocycles. The Morgan fingerprint density at radius 2 is 1.28 bits per heavy atom. The van der Waals surface area contributed by atoms with Crippen LogP contribution in [0.25, 0.3) is 0 Å². The highest BCUT2D eigenvalue weighted by Gasteiger charge is 2.32. The molecule has 0 bridgehead atoms. The van der Waals surface area contributed by atoms with Crippen molar-refractivity contribution in [2.45, 2.75) is 13.1 Å². The van der Waals surface area contributed by atoms with Gasteiger partial charge in [-0.2, -0.15) is 13.2 Å². The largest absolute Gasteiger partial charge is 0.412 e. The molecule has 0 aromatic carbocycles. The molecule has 0 N–H and O–H groups in total. The first-order chi connectivity index (χ1) is 11.7. The zero-order valence-electron chi connectivity index (χ0n) is 14.0. The third-order valence-electron chi connectivity index (χ3n) is 1.71. The minimum Gasteiger partial charge on any atom is -0.332 e. The summed E-state index contributed by atoms with van der Waals surface area (Å²) >= 11 is 10.4. The minimum atomic E-state index is -4.40. The molecule has 0 aliphatic heterocycles. The molecule has 0 amide bonds. The van der Waals surface area contributed by atoms with Crippen molar-refractivity contribution in [2.75, 3.05) is 13.2 Å². The topological polar surface area (TPSA) is 24.9 Å².